The lowest BCUT2D eigenvalue weighted by Gasteiger charge is -2.17. The van der Waals surface area contributed by atoms with Crippen LogP contribution in [-0.2, 0) is 19.6 Å². The highest BCUT2D eigenvalue weighted by atomic mass is 35.5. The number of ether oxygens (including phenoxy) is 1. The molecule has 0 N–H and O–H groups in total. The molecule has 0 bridgehead atoms. The van der Waals surface area contributed by atoms with Crippen molar-refractivity contribution in [1.29, 1.82) is 0 Å². The third kappa shape index (κ3) is 4.15. The van der Waals surface area contributed by atoms with Gasteiger partial charge in [0.05, 0.1) is 7.11 Å². The number of carbonyl (C=O) groups is 1. The van der Waals surface area contributed by atoms with Crippen LogP contribution >= 0.6 is 11.6 Å². The summed E-state index contributed by atoms with van der Waals surface area (Å²) in [6.07, 6.45) is 1.95. The highest BCUT2D eigenvalue weighted by Gasteiger charge is 2.23. The van der Waals surface area contributed by atoms with Crippen LogP contribution in [0.15, 0.2) is 23.2 Å². The molecule has 0 unspecified atom stereocenters. The monoisotopic (exact) mass is 306 g/mol. The first-order valence-corrected chi connectivity index (χ1v) is 7.35. The van der Waals surface area contributed by atoms with Crippen LogP contribution in [0.2, 0.25) is 5.15 Å². The van der Waals surface area contributed by atoms with E-state index in [0.717, 1.165) is 4.31 Å². The van der Waals surface area contributed by atoms with Crippen LogP contribution in [0, 0.1) is 0 Å². The summed E-state index contributed by atoms with van der Waals surface area (Å²) in [6.45, 7) is 0.197. The Morgan fingerprint density at radius 2 is 2.21 bits per heavy atom. The van der Waals surface area contributed by atoms with Crippen LogP contribution < -0.4 is 0 Å². The molecule has 0 aliphatic heterocycles. The molecule has 1 rings (SSSR count). The summed E-state index contributed by atoms with van der Waals surface area (Å²) in [5.41, 5.74) is 0. The molecule has 0 atom stereocenters. The van der Waals surface area contributed by atoms with Crippen molar-refractivity contribution in [3.63, 3.8) is 0 Å². The molecule has 8 heteroatoms. The van der Waals surface area contributed by atoms with Gasteiger partial charge in [-0.25, -0.2) is 17.7 Å². The zero-order valence-corrected chi connectivity index (χ0v) is 12.2. The molecular formula is C11H15ClN2O4S. The number of esters is 1. The van der Waals surface area contributed by atoms with Crippen LogP contribution in [0.25, 0.3) is 0 Å². The smallest absolute Gasteiger partial charge is 0.305 e. The zero-order chi connectivity index (χ0) is 14.5. The van der Waals surface area contributed by atoms with Gasteiger partial charge in [0.25, 0.3) is 0 Å². The van der Waals surface area contributed by atoms with E-state index in [1.165, 1.54) is 32.5 Å². The van der Waals surface area contributed by atoms with Gasteiger partial charge in [-0.3, -0.25) is 4.79 Å². The molecule has 6 nitrogen and oxygen atoms in total. The normalized spacial score (nSPS) is 11.6. The molecule has 0 aliphatic carbocycles. The average molecular weight is 307 g/mol. The highest BCUT2D eigenvalue weighted by molar-refractivity contribution is 7.89. The maximum atomic E-state index is 12.2. The summed E-state index contributed by atoms with van der Waals surface area (Å²) in [5.74, 6) is -0.370. The minimum Gasteiger partial charge on any atom is -0.469 e. The largest absolute Gasteiger partial charge is 0.469 e. The number of sulfonamides is 1. The van der Waals surface area contributed by atoms with E-state index < -0.39 is 10.0 Å². The maximum Gasteiger partial charge on any atom is 0.305 e. The van der Waals surface area contributed by atoms with Crippen LogP contribution in [0.5, 0.6) is 0 Å². The predicted molar refractivity (Wildman–Crippen MR) is 70.3 cm³/mol. The molecule has 1 heterocycles. The fourth-order valence-corrected chi connectivity index (χ4v) is 3.03. The third-order valence-corrected chi connectivity index (χ3v) is 4.80. The Morgan fingerprint density at radius 1 is 1.53 bits per heavy atom. The lowest BCUT2D eigenvalue weighted by molar-refractivity contribution is -0.140. The molecule has 106 valence electrons. The molecule has 0 saturated carbocycles. The molecule has 1 aromatic rings. The van der Waals surface area contributed by atoms with Gasteiger partial charge in [-0.15, -0.1) is 0 Å². The van der Waals surface area contributed by atoms with Crippen LogP contribution in [0.1, 0.15) is 12.8 Å². The van der Waals surface area contributed by atoms with E-state index in [1.807, 2.05) is 0 Å². The Balaban J connectivity index is 2.73. The van der Waals surface area contributed by atoms with E-state index in [4.69, 9.17) is 11.6 Å². The van der Waals surface area contributed by atoms with Crippen molar-refractivity contribution < 1.29 is 17.9 Å². The molecule has 0 aromatic carbocycles. The molecule has 0 spiro atoms. The first-order valence-electron chi connectivity index (χ1n) is 5.53. The summed E-state index contributed by atoms with van der Waals surface area (Å²) in [6, 6.07) is 2.89. The molecular weight excluding hydrogens is 292 g/mol. The van der Waals surface area contributed by atoms with Gasteiger partial charge in [-0.2, -0.15) is 0 Å². The Bertz CT molecular complexity index is 547. The number of rotatable bonds is 6. The summed E-state index contributed by atoms with van der Waals surface area (Å²) >= 11 is 5.77. The van der Waals surface area contributed by atoms with Gasteiger partial charge >= 0.3 is 5.97 Å². The molecule has 0 radical (unpaired) electrons. The Labute approximate surface area is 117 Å². The second-order valence-electron chi connectivity index (χ2n) is 3.80. The summed E-state index contributed by atoms with van der Waals surface area (Å²) < 4.78 is 30.0. The fourth-order valence-electron chi connectivity index (χ4n) is 1.40. The Hall–Kier alpha value is -1.18. The van der Waals surface area contributed by atoms with Gasteiger partial charge in [0.2, 0.25) is 10.0 Å². The van der Waals surface area contributed by atoms with Gasteiger partial charge in [-0.1, -0.05) is 11.6 Å². The first-order chi connectivity index (χ1) is 8.89. The predicted octanol–water partition coefficient (Wildman–Crippen LogP) is 1.31. The molecule has 0 amide bonds. The van der Waals surface area contributed by atoms with Gasteiger partial charge in [0, 0.05) is 26.2 Å². The standard InChI is InChI=1S/C11H15ClN2O4S/c1-14(8-4-6-10(15)18-2)19(16,17)9-5-3-7-13-11(9)12/h3,5,7H,4,6,8H2,1-2H3. The van der Waals surface area contributed by atoms with Crippen LogP contribution in [0.4, 0.5) is 0 Å². The van der Waals surface area contributed by atoms with E-state index in [9.17, 15) is 13.2 Å². The number of carbonyl (C=O) groups excluding carboxylic acids is 1. The molecule has 19 heavy (non-hydrogen) atoms. The van der Waals surface area contributed by atoms with Crippen molar-refractivity contribution in [3.05, 3.63) is 23.5 Å². The van der Waals surface area contributed by atoms with Crippen LogP contribution in [-0.4, -0.2) is 44.4 Å². The summed E-state index contributed by atoms with van der Waals surface area (Å²) in [5, 5.41) is -0.0673. The second-order valence-corrected chi connectivity index (χ2v) is 6.17. The Kier molecular flexibility index (Phi) is 5.71. The topological polar surface area (TPSA) is 76.6 Å². The van der Waals surface area contributed by atoms with E-state index in [1.54, 1.807) is 0 Å². The second kappa shape index (κ2) is 6.83. The number of nitrogens with zero attached hydrogens (tertiary/aromatic N) is 2. The van der Waals surface area contributed by atoms with E-state index in [2.05, 4.69) is 9.72 Å². The quantitative estimate of drug-likeness (QED) is 0.585. The van der Waals surface area contributed by atoms with Crippen molar-refractivity contribution in [2.24, 2.45) is 0 Å². The minimum atomic E-state index is -3.69. The summed E-state index contributed by atoms with van der Waals surface area (Å²) in [4.78, 5) is 14.6. The lowest BCUT2D eigenvalue weighted by atomic mass is 10.3. The van der Waals surface area contributed by atoms with Crippen LogP contribution in [0.3, 0.4) is 0 Å². The number of methoxy groups -OCH3 is 1. The molecule has 0 aliphatic rings. The Morgan fingerprint density at radius 3 is 2.79 bits per heavy atom. The molecule has 0 saturated heterocycles. The minimum absolute atomic E-state index is 0.0442. The average Bonchev–Trinajstić information content (AvgIpc) is 2.38. The van der Waals surface area contributed by atoms with E-state index >= 15 is 0 Å². The third-order valence-electron chi connectivity index (χ3n) is 2.49. The molecule has 1 aromatic heterocycles. The maximum absolute atomic E-state index is 12.2. The van der Waals surface area contributed by atoms with Crippen molar-refractivity contribution in [3.8, 4) is 0 Å². The number of hydrogen-bond donors (Lipinski definition) is 0. The van der Waals surface area contributed by atoms with Gasteiger partial charge in [-0.05, 0) is 18.6 Å². The van der Waals surface area contributed by atoms with Crippen molar-refractivity contribution >= 4 is 27.6 Å². The fraction of sp³-hybridized carbons (Fsp3) is 0.455. The highest BCUT2D eigenvalue weighted by Crippen LogP contribution is 2.21. The number of halogens is 1. The number of pyridine rings is 1. The SMILES string of the molecule is COC(=O)CCCN(C)S(=O)(=O)c1cccnc1Cl. The summed E-state index contributed by atoms with van der Waals surface area (Å²) in [7, 11) is -0.971. The van der Waals surface area contributed by atoms with Gasteiger partial charge < -0.3 is 4.74 Å². The van der Waals surface area contributed by atoms with Crippen molar-refractivity contribution in [2.45, 2.75) is 17.7 Å². The van der Waals surface area contributed by atoms with Gasteiger partial charge in [0.15, 0.2) is 0 Å². The van der Waals surface area contributed by atoms with E-state index in [0.29, 0.717) is 6.42 Å². The van der Waals surface area contributed by atoms with Crippen molar-refractivity contribution in [2.75, 3.05) is 20.7 Å². The van der Waals surface area contributed by atoms with Crippen molar-refractivity contribution in [1.82, 2.24) is 9.29 Å². The zero-order valence-electron chi connectivity index (χ0n) is 10.7. The first kappa shape index (κ1) is 15.9. The van der Waals surface area contributed by atoms with Gasteiger partial charge in [0.1, 0.15) is 10.0 Å². The molecule has 0 fully saturated rings. The van der Waals surface area contributed by atoms with E-state index in [-0.39, 0.29) is 29.0 Å². The lowest BCUT2D eigenvalue weighted by Crippen LogP contribution is -2.28. The number of aromatic nitrogens is 1. The number of hydrogen-bond acceptors (Lipinski definition) is 5.